The highest BCUT2D eigenvalue weighted by molar-refractivity contribution is 5.37. The number of rotatable bonds is 3. The van der Waals surface area contributed by atoms with Gasteiger partial charge in [0.05, 0.1) is 6.61 Å². The van der Waals surface area contributed by atoms with Crippen molar-refractivity contribution in [2.45, 2.75) is 45.1 Å². The van der Waals surface area contributed by atoms with Crippen molar-refractivity contribution in [1.29, 1.82) is 0 Å². The molecule has 1 heterocycles. The van der Waals surface area contributed by atoms with E-state index in [9.17, 15) is 4.39 Å². The van der Waals surface area contributed by atoms with E-state index < -0.39 is 0 Å². The number of halogens is 1. The molecule has 3 heteroatoms. The molecule has 2 rings (SSSR count). The molecular formula is C18H24FNO. The van der Waals surface area contributed by atoms with Crippen LogP contribution in [-0.2, 0) is 6.54 Å². The molecule has 21 heavy (non-hydrogen) atoms. The molecule has 0 atom stereocenters. The van der Waals surface area contributed by atoms with Gasteiger partial charge in [0.1, 0.15) is 5.82 Å². The highest BCUT2D eigenvalue weighted by Gasteiger charge is 2.11. The molecule has 1 aromatic carbocycles. The van der Waals surface area contributed by atoms with Crippen LogP contribution in [0.4, 0.5) is 4.39 Å². The van der Waals surface area contributed by atoms with Crippen LogP contribution in [0.5, 0.6) is 0 Å². The Kier molecular flexibility index (Phi) is 6.72. The van der Waals surface area contributed by atoms with Crippen molar-refractivity contribution in [2.75, 3.05) is 19.7 Å². The number of aliphatic hydroxyl groups is 1. The van der Waals surface area contributed by atoms with Crippen LogP contribution in [-0.4, -0.2) is 29.7 Å². The van der Waals surface area contributed by atoms with Crippen molar-refractivity contribution < 1.29 is 9.50 Å². The molecule has 0 unspecified atom stereocenters. The molecule has 1 N–H and O–H groups in total. The van der Waals surface area contributed by atoms with Crippen LogP contribution in [0, 0.1) is 17.7 Å². The number of aliphatic hydroxyl groups excluding tert-OH is 1. The molecular weight excluding hydrogens is 265 g/mol. The minimum Gasteiger partial charge on any atom is -0.395 e. The van der Waals surface area contributed by atoms with Gasteiger partial charge >= 0.3 is 0 Å². The van der Waals surface area contributed by atoms with Gasteiger partial charge in [-0.3, -0.25) is 4.90 Å². The van der Waals surface area contributed by atoms with Gasteiger partial charge in [-0.05, 0) is 38.1 Å². The van der Waals surface area contributed by atoms with E-state index in [2.05, 4.69) is 16.7 Å². The molecule has 1 aromatic rings. The van der Waals surface area contributed by atoms with Crippen molar-refractivity contribution in [3.05, 3.63) is 35.1 Å². The number of likely N-dealkylation sites (tertiary alicyclic amines) is 1. The Morgan fingerprint density at radius 2 is 1.81 bits per heavy atom. The topological polar surface area (TPSA) is 23.5 Å². The fraction of sp³-hybridized carbons (Fsp3) is 0.556. The first-order chi connectivity index (χ1) is 10.3. The Morgan fingerprint density at radius 3 is 2.48 bits per heavy atom. The Bertz CT molecular complexity index is 496. The Labute approximate surface area is 127 Å². The second-order valence-electron chi connectivity index (χ2n) is 5.63. The summed E-state index contributed by atoms with van der Waals surface area (Å²) in [6.07, 6.45) is 6.77. The predicted molar refractivity (Wildman–Crippen MR) is 83.3 cm³/mol. The summed E-state index contributed by atoms with van der Waals surface area (Å²) in [4.78, 5) is 2.36. The van der Waals surface area contributed by atoms with Gasteiger partial charge < -0.3 is 5.11 Å². The molecule has 1 aliphatic rings. The van der Waals surface area contributed by atoms with Crippen molar-refractivity contribution in [3.8, 4) is 11.8 Å². The molecule has 2 nitrogen and oxygen atoms in total. The van der Waals surface area contributed by atoms with Crippen LogP contribution in [0.2, 0.25) is 0 Å². The normalized spacial score (nSPS) is 16.7. The number of nitrogens with zero attached hydrogens (tertiary/aromatic N) is 1. The van der Waals surface area contributed by atoms with E-state index in [1.54, 1.807) is 0 Å². The lowest BCUT2D eigenvalue weighted by Gasteiger charge is -2.24. The van der Waals surface area contributed by atoms with Crippen molar-refractivity contribution in [1.82, 2.24) is 4.90 Å². The Morgan fingerprint density at radius 1 is 1.10 bits per heavy atom. The minimum atomic E-state index is -0.173. The van der Waals surface area contributed by atoms with E-state index in [-0.39, 0.29) is 12.4 Å². The first kappa shape index (κ1) is 16.0. The SMILES string of the molecule is OCCC#Cc1ccc(CN2CCCCCCC2)c(F)c1. The lowest BCUT2D eigenvalue weighted by atomic mass is 10.1. The molecule has 1 aliphatic heterocycles. The summed E-state index contributed by atoms with van der Waals surface area (Å²) in [7, 11) is 0. The quantitative estimate of drug-likeness (QED) is 0.863. The maximum atomic E-state index is 14.2. The van der Waals surface area contributed by atoms with Gasteiger partial charge in [-0.15, -0.1) is 0 Å². The average molecular weight is 289 g/mol. The van der Waals surface area contributed by atoms with Gasteiger partial charge in [-0.25, -0.2) is 4.39 Å². The smallest absolute Gasteiger partial charge is 0.128 e. The predicted octanol–water partition coefficient (Wildman–Crippen LogP) is 3.33. The Hall–Kier alpha value is -1.37. The largest absolute Gasteiger partial charge is 0.395 e. The zero-order valence-electron chi connectivity index (χ0n) is 12.6. The third kappa shape index (κ3) is 5.49. The lowest BCUT2D eigenvalue weighted by molar-refractivity contribution is 0.237. The van der Waals surface area contributed by atoms with Crippen LogP contribution in [0.15, 0.2) is 18.2 Å². The second-order valence-corrected chi connectivity index (χ2v) is 5.63. The Balaban J connectivity index is 1.98. The van der Waals surface area contributed by atoms with Crippen molar-refractivity contribution in [2.24, 2.45) is 0 Å². The van der Waals surface area contributed by atoms with E-state index in [0.717, 1.165) is 18.7 Å². The minimum absolute atomic E-state index is 0.0442. The van der Waals surface area contributed by atoms with E-state index >= 15 is 0 Å². The zero-order chi connectivity index (χ0) is 14.9. The third-order valence-electron chi connectivity index (χ3n) is 3.87. The first-order valence-electron chi connectivity index (χ1n) is 7.90. The van der Waals surface area contributed by atoms with Crippen LogP contribution >= 0.6 is 0 Å². The molecule has 0 aromatic heterocycles. The molecule has 0 bridgehead atoms. The summed E-state index contributed by atoms with van der Waals surface area (Å²) in [6.45, 7) is 2.87. The monoisotopic (exact) mass is 289 g/mol. The highest BCUT2D eigenvalue weighted by Crippen LogP contribution is 2.16. The number of hydrogen-bond acceptors (Lipinski definition) is 2. The third-order valence-corrected chi connectivity index (χ3v) is 3.87. The first-order valence-corrected chi connectivity index (χ1v) is 7.90. The van der Waals surface area contributed by atoms with E-state index in [1.165, 1.54) is 38.2 Å². The standard InChI is InChI=1S/C18H24FNO/c19-18-14-16(8-4-7-13-21)9-10-17(18)15-20-11-5-2-1-3-6-12-20/h9-10,14,21H,1-3,5-7,11-13,15H2. The second kappa shape index (κ2) is 8.81. The maximum absolute atomic E-state index is 14.2. The van der Waals surface area contributed by atoms with E-state index in [4.69, 9.17) is 5.11 Å². The molecule has 0 spiro atoms. The van der Waals surface area contributed by atoms with Crippen molar-refractivity contribution in [3.63, 3.8) is 0 Å². The zero-order valence-corrected chi connectivity index (χ0v) is 12.6. The van der Waals surface area contributed by atoms with Gasteiger partial charge in [0, 0.05) is 24.1 Å². The van der Waals surface area contributed by atoms with Crippen LogP contribution in [0.1, 0.15) is 49.7 Å². The molecule has 1 saturated heterocycles. The molecule has 114 valence electrons. The molecule has 0 saturated carbocycles. The maximum Gasteiger partial charge on any atom is 0.128 e. The summed E-state index contributed by atoms with van der Waals surface area (Å²) >= 11 is 0. The van der Waals surface area contributed by atoms with Gasteiger partial charge in [0.2, 0.25) is 0 Å². The molecule has 0 amide bonds. The average Bonchev–Trinajstić information content (AvgIpc) is 2.44. The summed E-state index contributed by atoms with van der Waals surface area (Å²) in [6, 6.07) is 5.22. The van der Waals surface area contributed by atoms with Gasteiger partial charge in [0.25, 0.3) is 0 Å². The summed E-state index contributed by atoms with van der Waals surface area (Å²) in [5.74, 6) is 5.52. The van der Waals surface area contributed by atoms with Crippen LogP contribution in [0.3, 0.4) is 0 Å². The van der Waals surface area contributed by atoms with Gasteiger partial charge in [0.15, 0.2) is 0 Å². The van der Waals surface area contributed by atoms with Crippen molar-refractivity contribution >= 4 is 0 Å². The fourth-order valence-corrected chi connectivity index (χ4v) is 2.69. The van der Waals surface area contributed by atoms with Crippen LogP contribution < -0.4 is 0 Å². The number of hydrogen-bond donors (Lipinski definition) is 1. The van der Waals surface area contributed by atoms with Gasteiger partial charge in [-0.1, -0.05) is 37.2 Å². The molecule has 0 radical (unpaired) electrons. The summed E-state index contributed by atoms with van der Waals surface area (Å²) < 4.78 is 14.2. The molecule has 0 aliphatic carbocycles. The molecule has 1 fully saturated rings. The van der Waals surface area contributed by atoms with E-state index in [1.807, 2.05) is 12.1 Å². The van der Waals surface area contributed by atoms with Gasteiger partial charge in [-0.2, -0.15) is 0 Å². The number of benzene rings is 1. The summed E-state index contributed by atoms with van der Waals surface area (Å²) in [5.41, 5.74) is 1.43. The van der Waals surface area contributed by atoms with E-state index in [0.29, 0.717) is 18.5 Å². The fourth-order valence-electron chi connectivity index (χ4n) is 2.69. The lowest BCUT2D eigenvalue weighted by Crippen LogP contribution is -2.27. The summed E-state index contributed by atoms with van der Waals surface area (Å²) in [5, 5.41) is 8.69. The van der Waals surface area contributed by atoms with Crippen LogP contribution in [0.25, 0.3) is 0 Å². The highest BCUT2D eigenvalue weighted by atomic mass is 19.1.